The lowest BCUT2D eigenvalue weighted by molar-refractivity contribution is 0.0696. The number of carboxylic acid groups (broad SMARTS) is 1. The number of hydrogen-bond donors (Lipinski definition) is 2. The van der Waals surface area contributed by atoms with E-state index in [2.05, 4.69) is 20.7 Å². The van der Waals surface area contributed by atoms with Gasteiger partial charge in [0, 0.05) is 11.0 Å². The van der Waals surface area contributed by atoms with E-state index in [1.165, 1.54) is 6.07 Å². The molecule has 0 saturated carbocycles. The van der Waals surface area contributed by atoms with Gasteiger partial charge in [-0.25, -0.2) is 17.9 Å². The van der Waals surface area contributed by atoms with Crippen LogP contribution in [-0.4, -0.2) is 37.5 Å². The van der Waals surface area contributed by atoms with Crippen molar-refractivity contribution in [3.63, 3.8) is 0 Å². The molecule has 2 rings (SSSR count). The molecule has 1 aliphatic heterocycles. The van der Waals surface area contributed by atoms with Crippen LogP contribution in [0.5, 0.6) is 0 Å². The number of sulfonamides is 1. The Morgan fingerprint density at radius 2 is 2.24 bits per heavy atom. The minimum atomic E-state index is -3.75. The van der Waals surface area contributed by atoms with Crippen molar-refractivity contribution >= 4 is 55.3 Å². The Labute approximate surface area is 140 Å². The Kier molecular flexibility index (Phi) is 5.59. The minimum Gasteiger partial charge on any atom is -0.478 e. The van der Waals surface area contributed by atoms with Crippen molar-refractivity contribution in [1.29, 1.82) is 0 Å². The summed E-state index contributed by atoms with van der Waals surface area (Å²) >= 11 is 10.7. The monoisotopic (exact) mass is 413 g/mol. The van der Waals surface area contributed by atoms with E-state index >= 15 is 0 Å². The van der Waals surface area contributed by atoms with E-state index in [4.69, 9.17) is 16.7 Å². The van der Waals surface area contributed by atoms with Gasteiger partial charge in [-0.1, -0.05) is 11.6 Å². The molecule has 21 heavy (non-hydrogen) atoms. The van der Waals surface area contributed by atoms with Crippen LogP contribution < -0.4 is 4.72 Å². The fraction of sp³-hybridized carbons (Fsp3) is 0.417. The zero-order chi connectivity index (χ0) is 15.6. The minimum absolute atomic E-state index is 0.0198. The summed E-state index contributed by atoms with van der Waals surface area (Å²) in [5.74, 6) is 1.03. The molecule has 5 nitrogen and oxygen atoms in total. The molecule has 1 aliphatic rings. The highest BCUT2D eigenvalue weighted by atomic mass is 79.9. The normalized spacial score (nSPS) is 18.9. The van der Waals surface area contributed by atoms with Crippen LogP contribution in [0.25, 0.3) is 0 Å². The topological polar surface area (TPSA) is 83.5 Å². The number of halogens is 2. The van der Waals surface area contributed by atoms with Crippen LogP contribution in [0.1, 0.15) is 16.8 Å². The summed E-state index contributed by atoms with van der Waals surface area (Å²) in [6.45, 7) is 0.359. The lowest BCUT2D eigenvalue weighted by atomic mass is 10.1. The van der Waals surface area contributed by atoms with E-state index in [0.29, 0.717) is 12.5 Å². The molecule has 9 heteroatoms. The van der Waals surface area contributed by atoms with Crippen LogP contribution >= 0.6 is 39.3 Å². The molecule has 1 aromatic rings. The molecular formula is C12H13BrClNO4S2. The zero-order valence-electron chi connectivity index (χ0n) is 10.8. The van der Waals surface area contributed by atoms with Gasteiger partial charge in [0.15, 0.2) is 0 Å². The zero-order valence-corrected chi connectivity index (χ0v) is 14.8. The van der Waals surface area contributed by atoms with E-state index in [1.54, 1.807) is 11.8 Å². The average molecular weight is 415 g/mol. The van der Waals surface area contributed by atoms with Gasteiger partial charge in [0.25, 0.3) is 0 Å². The van der Waals surface area contributed by atoms with Crippen molar-refractivity contribution in [2.24, 2.45) is 5.92 Å². The number of carbonyl (C=O) groups is 1. The first kappa shape index (κ1) is 17.1. The highest BCUT2D eigenvalue weighted by molar-refractivity contribution is 9.10. The first-order chi connectivity index (χ1) is 9.81. The third-order valence-electron chi connectivity index (χ3n) is 3.13. The third-order valence-corrected chi connectivity index (χ3v) is 7.02. The van der Waals surface area contributed by atoms with Crippen molar-refractivity contribution in [3.8, 4) is 0 Å². The molecule has 1 atom stereocenters. The summed E-state index contributed by atoms with van der Waals surface area (Å²) in [7, 11) is -3.75. The Balaban J connectivity index is 2.24. The second-order valence-electron chi connectivity index (χ2n) is 4.65. The number of carboxylic acids is 1. The summed E-state index contributed by atoms with van der Waals surface area (Å²) < 4.78 is 27.3. The fourth-order valence-electron chi connectivity index (χ4n) is 1.93. The van der Waals surface area contributed by atoms with Gasteiger partial charge in [-0.15, -0.1) is 0 Å². The molecule has 1 heterocycles. The molecule has 0 spiro atoms. The first-order valence-corrected chi connectivity index (χ1v) is 9.92. The Morgan fingerprint density at radius 3 is 2.81 bits per heavy atom. The van der Waals surface area contributed by atoms with Gasteiger partial charge in [-0.05, 0) is 51.9 Å². The van der Waals surface area contributed by atoms with Crippen LogP contribution in [0, 0.1) is 5.92 Å². The lowest BCUT2D eigenvalue weighted by Crippen LogP contribution is -2.29. The Morgan fingerprint density at radius 1 is 1.52 bits per heavy atom. The second-order valence-corrected chi connectivity index (χ2v) is 8.80. The molecule has 2 N–H and O–H groups in total. The molecular weight excluding hydrogens is 402 g/mol. The number of aromatic carboxylic acids is 1. The highest BCUT2D eigenvalue weighted by Gasteiger charge is 2.23. The first-order valence-electron chi connectivity index (χ1n) is 6.11. The summed E-state index contributed by atoms with van der Waals surface area (Å²) in [5, 5.41) is 9.04. The summed E-state index contributed by atoms with van der Waals surface area (Å²) in [6.07, 6.45) is 0.984. The molecule has 0 aliphatic carbocycles. The van der Waals surface area contributed by atoms with Gasteiger partial charge in [0.2, 0.25) is 10.0 Å². The maximum Gasteiger partial charge on any atom is 0.337 e. The number of thioether (sulfide) groups is 1. The van der Waals surface area contributed by atoms with E-state index in [0.717, 1.165) is 24.0 Å². The molecule has 1 unspecified atom stereocenters. The molecule has 1 aromatic carbocycles. The van der Waals surface area contributed by atoms with E-state index in [1.807, 2.05) is 0 Å². The molecule has 0 bridgehead atoms. The lowest BCUT2D eigenvalue weighted by Gasteiger charge is -2.12. The van der Waals surface area contributed by atoms with Gasteiger partial charge in [-0.3, -0.25) is 0 Å². The van der Waals surface area contributed by atoms with Crippen LogP contribution in [0.15, 0.2) is 21.5 Å². The van der Waals surface area contributed by atoms with Crippen LogP contribution in [-0.2, 0) is 10.0 Å². The largest absolute Gasteiger partial charge is 0.478 e. The number of nitrogens with one attached hydrogen (secondary N) is 1. The fourth-order valence-corrected chi connectivity index (χ4v) is 5.18. The maximum atomic E-state index is 12.3. The van der Waals surface area contributed by atoms with Gasteiger partial charge >= 0.3 is 5.97 Å². The summed E-state index contributed by atoms with van der Waals surface area (Å²) in [4.78, 5) is 11.0. The van der Waals surface area contributed by atoms with Crippen molar-refractivity contribution in [2.45, 2.75) is 11.3 Å². The summed E-state index contributed by atoms with van der Waals surface area (Å²) in [5.41, 5.74) is -0.247. The molecule has 1 fully saturated rings. The van der Waals surface area contributed by atoms with Crippen LogP contribution in [0.2, 0.25) is 5.02 Å². The average Bonchev–Trinajstić information content (AvgIpc) is 2.92. The SMILES string of the molecule is O=C(O)c1cc(S(=O)(=O)NCC2CCSC2)cc(Br)c1Cl. The maximum absolute atomic E-state index is 12.3. The van der Waals surface area contributed by atoms with Crippen molar-refractivity contribution in [1.82, 2.24) is 4.72 Å². The van der Waals surface area contributed by atoms with E-state index < -0.39 is 16.0 Å². The van der Waals surface area contributed by atoms with Crippen molar-refractivity contribution in [2.75, 3.05) is 18.1 Å². The highest BCUT2D eigenvalue weighted by Crippen LogP contribution is 2.30. The van der Waals surface area contributed by atoms with E-state index in [9.17, 15) is 13.2 Å². The molecule has 0 aromatic heterocycles. The van der Waals surface area contributed by atoms with Crippen molar-refractivity contribution in [3.05, 3.63) is 27.2 Å². The Bertz CT molecular complexity index is 659. The Hall–Kier alpha value is -0.280. The third kappa shape index (κ3) is 4.13. The van der Waals surface area contributed by atoms with Gasteiger partial charge in [-0.2, -0.15) is 11.8 Å². The van der Waals surface area contributed by atoms with Crippen LogP contribution in [0.3, 0.4) is 0 Å². The van der Waals surface area contributed by atoms with Crippen LogP contribution in [0.4, 0.5) is 0 Å². The number of rotatable bonds is 5. The van der Waals surface area contributed by atoms with Crippen molar-refractivity contribution < 1.29 is 18.3 Å². The van der Waals surface area contributed by atoms with Gasteiger partial charge < -0.3 is 5.11 Å². The molecule has 0 radical (unpaired) electrons. The number of hydrogen-bond acceptors (Lipinski definition) is 4. The quantitative estimate of drug-likeness (QED) is 0.774. The smallest absolute Gasteiger partial charge is 0.337 e. The number of benzene rings is 1. The standard InChI is InChI=1S/C12H13BrClNO4S2/c13-10-4-8(3-9(11(10)14)12(16)17)21(18,19)15-5-7-1-2-20-6-7/h3-4,7,15H,1-2,5-6H2,(H,16,17). The van der Waals surface area contributed by atoms with E-state index in [-0.39, 0.29) is 20.0 Å². The molecule has 1 saturated heterocycles. The summed E-state index contributed by atoms with van der Waals surface area (Å²) in [6, 6.07) is 2.38. The molecule has 0 amide bonds. The molecule has 116 valence electrons. The van der Waals surface area contributed by atoms with Gasteiger partial charge in [0.05, 0.1) is 15.5 Å². The van der Waals surface area contributed by atoms with Gasteiger partial charge in [0.1, 0.15) is 0 Å². The second kappa shape index (κ2) is 6.87. The predicted molar refractivity (Wildman–Crippen MR) is 86.7 cm³/mol. The predicted octanol–water partition coefficient (Wildman–Crippen LogP) is 2.83.